The van der Waals surface area contributed by atoms with Crippen molar-refractivity contribution >= 4 is 72.4 Å². The highest BCUT2D eigenvalue weighted by Crippen LogP contribution is 2.29. The van der Waals surface area contributed by atoms with Crippen molar-refractivity contribution in [1.29, 1.82) is 0 Å². The van der Waals surface area contributed by atoms with Crippen molar-refractivity contribution in [3.05, 3.63) is 86.3 Å². The number of carboxylic acid groups (broad SMARTS) is 1. The Morgan fingerprint density at radius 3 is 2.31 bits per heavy atom. The SMILES string of the molecule is CN(c1ccc(Cl)cc1)S(=O)(=O)c1cc(Br)cc(C(=O)Nc2c(Cl)cccc2C(=O)O)c1. The van der Waals surface area contributed by atoms with E-state index in [1.165, 1.54) is 43.4 Å². The molecule has 0 aromatic heterocycles. The van der Waals surface area contributed by atoms with Crippen molar-refractivity contribution in [2.24, 2.45) is 0 Å². The lowest BCUT2D eigenvalue weighted by molar-refractivity contribution is 0.0698. The van der Waals surface area contributed by atoms with Crippen LogP contribution in [0.15, 0.2) is 70.0 Å². The minimum absolute atomic E-state index is 0.0151. The van der Waals surface area contributed by atoms with Gasteiger partial charge in [-0.05, 0) is 54.6 Å². The second-order valence-corrected chi connectivity index (χ2v) is 10.3. The van der Waals surface area contributed by atoms with Gasteiger partial charge in [-0.15, -0.1) is 0 Å². The standard InChI is InChI=1S/C21H15BrCl2N2O5S/c1-26(15-7-5-14(23)6-8-15)32(30,31)16-10-12(9-13(22)11-16)20(27)25-19-17(21(28)29)3-2-4-18(19)24/h2-11H,1H3,(H,25,27)(H,28,29). The summed E-state index contributed by atoms with van der Waals surface area (Å²) in [7, 11) is -2.65. The lowest BCUT2D eigenvalue weighted by atomic mass is 10.1. The molecule has 3 aromatic carbocycles. The van der Waals surface area contributed by atoms with E-state index < -0.39 is 21.9 Å². The maximum absolute atomic E-state index is 13.1. The number of carbonyl (C=O) groups is 2. The molecule has 7 nitrogen and oxygen atoms in total. The van der Waals surface area contributed by atoms with Gasteiger partial charge in [0.2, 0.25) is 0 Å². The van der Waals surface area contributed by atoms with E-state index in [-0.39, 0.29) is 26.7 Å². The molecule has 0 heterocycles. The number of sulfonamides is 1. The first-order valence-electron chi connectivity index (χ1n) is 8.89. The predicted octanol–water partition coefficient (Wildman–Crippen LogP) is 5.53. The number of nitrogens with zero attached hydrogens (tertiary/aromatic N) is 1. The van der Waals surface area contributed by atoms with Crippen LogP contribution < -0.4 is 9.62 Å². The summed E-state index contributed by atoms with van der Waals surface area (Å²) in [5, 5.41) is 12.3. The van der Waals surface area contributed by atoms with E-state index >= 15 is 0 Å². The van der Waals surface area contributed by atoms with Gasteiger partial charge in [-0.2, -0.15) is 0 Å². The molecular formula is C21H15BrCl2N2O5S. The summed E-state index contributed by atoms with van der Waals surface area (Å²) in [4.78, 5) is 24.1. The molecule has 166 valence electrons. The van der Waals surface area contributed by atoms with Gasteiger partial charge < -0.3 is 10.4 Å². The molecule has 0 unspecified atom stereocenters. The van der Waals surface area contributed by atoms with Gasteiger partial charge in [0.25, 0.3) is 15.9 Å². The largest absolute Gasteiger partial charge is 0.478 e. The van der Waals surface area contributed by atoms with Gasteiger partial charge in [-0.25, -0.2) is 13.2 Å². The maximum Gasteiger partial charge on any atom is 0.337 e. The van der Waals surface area contributed by atoms with Gasteiger partial charge >= 0.3 is 5.97 Å². The Bertz CT molecular complexity index is 1310. The smallest absolute Gasteiger partial charge is 0.337 e. The van der Waals surface area contributed by atoms with Gasteiger partial charge in [0.1, 0.15) is 0 Å². The fourth-order valence-electron chi connectivity index (χ4n) is 2.81. The minimum Gasteiger partial charge on any atom is -0.478 e. The number of carbonyl (C=O) groups excluding carboxylic acids is 1. The zero-order valence-corrected chi connectivity index (χ0v) is 20.3. The first-order valence-corrected chi connectivity index (χ1v) is 11.9. The number of halogens is 3. The van der Waals surface area contributed by atoms with Gasteiger partial charge in [0, 0.05) is 22.1 Å². The number of benzene rings is 3. The number of rotatable bonds is 6. The highest BCUT2D eigenvalue weighted by Gasteiger charge is 2.24. The van der Waals surface area contributed by atoms with Crippen molar-refractivity contribution in [1.82, 2.24) is 0 Å². The second-order valence-electron chi connectivity index (χ2n) is 6.55. The third-order valence-corrected chi connectivity index (χ3v) is 7.25. The molecule has 0 aliphatic rings. The molecule has 0 bridgehead atoms. The van der Waals surface area contributed by atoms with Crippen molar-refractivity contribution in [2.45, 2.75) is 4.90 Å². The predicted molar refractivity (Wildman–Crippen MR) is 128 cm³/mol. The molecule has 11 heteroatoms. The zero-order valence-electron chi connectivity index (χ0n) is 16.3. The fourth-order valence-corrected chi connectivity index (χ4v) is 5.07. The molecule has 1 amide bonds. The second kappa shape index (κ2) is 9.50. The Balaban J connectivity index is 1.98. The van der Waals surface area contributed by atoms with Crippen molar-refractivity contribution < 1.29 is 23.1 Å². The van der Waals surface area contributed by atoms with Gasteiger partial charge in [-0.3, -0.25) is 9.10 Å². The van der Waals surface area contributed by atoms with Crippen LogP contribution in [0.25, 0.3) is 0 Å². The lowest BCUT2D eigenvalue weighted by Gasteiger charge is -2.20. The van der Waals surface area contributed by atoms with Crippen LogP contribution in [-0.4, -0.2) is 32.4 Å². The van der Waals surface area contributed by atoms with E-state index in [9.17, 15) is 23.1 Å². The summed E-state index contributed by atoms with van der Waals surface area (Å²) >= 11 is 15.2. The summed E-state index contributed by atoms with van der Waals surface area (Å²) in [5.74, 6) is -2.00. The quantitative estimate of drug-likeness (QED) is 0.414. The number of hydrogen-bond donors (Lipinski definition) is 2. The third kappa shape index (κ3) is 5.07. The minimum atomic E-state index is -4.03. The summed E-state index contributed by atoms with van der Waals surface area (Å²) in [6.45, 7) is 0. The molecule has 0 aliphatic carbocycles. The normalized spacial score (nSPS) is 11.1. The highest BCUT2D eigenvalue weighted by molar-refractivity contribution is 9.10. The number of nitrogens with one attached hydrogen (secondary N) is 1. The molecule has 0 aliphatic heterocycles. The summed E-state index contributed by atoms with van der Waals surface area (Å²) in [6.07, 6.45) is 0. The van der Waals surface area contributed by atoms with Crippen molar-refractivity contribution in [2.75, 3.05) is 16.7 Å². The molecule has 0 saturated heterocycles. The molecule has 32 heavy (non-hydrogen) atoms. The zero-order chi connectivity index (χ0) is 23.6. The van der Waals surface area contributed by atoms with Crippen LogP contribution in [0, 0.1) is 0 Å². The van der Waals surface area contributed by atoms with Crippen LogP contribution in [0.4, 0.5) is 11.4 Å². The van der Waals surface area contributed by atoms with Crippen LogP contribution in [-0.2, 0) is 10.0 Å². The number of para-hydroxylation sites is 1. The van der Waals surface area contributed by atoms with Crippen molar-refractivity contribution in [3.63, 3.8) is 0 Å². The van der Waals surface area contributed by atoms with Crippen LogP contribution in [0.5, 0.6) is 0 Å². The number of hydrogen-bond acceptors (Lipinski definition) is 4. The molecule has 3 rings (SSSR count). The van der Waals surface area contributed by atoms with Crippen molar-refractivity contribution in [3.8, 4) is 0 Å². The van der Waals surface area contributed by atoms with Crippen LogP contribution >= 0.6 is 39.1 Å². The maximum atomic E-state index is 13.1. The number of carboxylic acids is 1. The van der Waals surface area contributed by atoms with E-state index in [4.69, 9.17) is 23.2 Å². The first kappa shape index (κ1) is 24.1. The molecule has 0 radical (unpaired) electrons. The Kier molecular flexibility index (Phi) is 7.14. The Hall–Kier alpha value is -2.59. The molecule has 0 atom stereocenters. The van der Waals surface area contributed by atoms with E-state index in [0.717, 1.165) is 4.31 Å². The average molecular weight is 558 g/mol. The monoisotopic (exact) mass is 556 g/mol. The van der Waals surface area contributed by atoms with E-state index in [2.05, 4.69) is 21.2 Å². The van der Waals surface area contributed by atoms with Gasteiger partial charge in [0.05, 0.1) is 26.9 Å². The lowest BCUT2D eigenvalue weighted by Crippen LogP contribution is -2.27. The molecule has 0 fully saturated rings. The van der Waals surface area contributed by atoms with Gasteiger partial charge in [-0.1, -0.05) is 45.2 Å². The number of aromatic carboxylic acids is 1. The molecule has 0 spiro atoms. The van der Waals surface area contributed by atoms with Crippen LogP contribution in [0.3, 0.4) is 0 Å². The van der Waals surface area contributed by atoms with Crippen LogP contribution in [0.1, 0.15) is 20.7 Å². The first-order chi connectivity index (χ1) is 15.0. The van der Waals surface area contributed by atoms with E-state index in [0.29, 0.717) is 15.2 Å². The van der Waals surface area contributed by atoms with Gasteiger partial charge in [0.15, 0.2) is 0 Å². The molecule has 3 aromatic rings. The third-order valence-electron chi connectivity index (χ3n) is 4.46. The molecular weight excluding hydrogens is 543 g/mol. The Morgan fingerprint density at radius 2 is 1.69 bits per heavy atom. The summed E-state index contributed by atoms with van der Waals surface area (Å²) in [5.41, 5.74) is 0.0757. The fraction of sp³-hybridized carbons (Fsp3) is 0.0476. The molecule has 2 N–H and O–H groups in total. The van der Waals surface area contributed by atoms with E-state index in [1.807, 2.05) is 0 Å². The molecule has 0 saturated carbocycles. The average Bonchev–Trinajstić information content (AvgIpc) is 2.74. The number of anilines is 2. The highest BCUT2D eigenvalue weighted by atomic mass is 79.9. The van der Waals surface area contributed by atoms with Crippen LogP contribution in [0.2, 0.25) is 10.0 Å². The Labute approximate surface area is 202 Å². The Morgan fingerprint density at radius 1 is 1.03 bits per heavy atom. The summed E-state index contributed by atoms with van der Waals surface area (Å²) < 4.78 is 27.7. The summed E-state index contributed by atoms with van der Waals surface area (Å²) in [6, 6.07) is 14.4. The topological polar surface area (TPSA) is 104 Å². The number of amides is 1. The van der Waals surface area contributed by atoms with E-state index in [1.54, 1.807) is 24.3 Å².